The summed E-state index contributed by atoms with van der Waals surface area (Å²) in [5, 5.41) is 11.6. The van der Waals surface area contributed by atoms with Crippen LogP contribution in [-0.2, 0) is 38.1 Å². The van der Waals surface area contributed by atoms with Crippen LogP contribution in [0.25, 0.3) is 0 Å². The van der Waals surface area contributed by atoms with Crippen molar-refractivity contribution in [3.63, 3.8) is 0 Å². The molecule has 1 spiro atoms. The largest absolute Gasteiger partial charge is 0.469 e. The van der Waals surface area contributed by atoms with E-state index in [-0.39, 0.29) is 12.3 Å². The minimum Gasteiger partial charge on any atom is -0.469 e. The summed E-state index contributed by atoms with van der Waals surface area (Å²) in [4.78, 5) is 50.6. The number of hydrogen-bond donors (Lipinski definition) is 1. The summed E-state index contributed by atoms with van der Waals surface area (Å²) in [6.07, 6.45) is -0.000264. The average molecular weight is 462 g/mol. The third-order valence-electron chi connectivity index (χ3n) is 9.47. The van der Waals surface area contributed by atoms with E-state index >= 15 is 0 Å². The smallest absolute Gasteiger partial charge is 0.316 e. The van der Waals surface area contributed by atoms with Crippen molar-refractivity contribution >= 4 is 23.9 Å². The molecule has 33 heavy (non-hydrogen) atoms. The predicted octanol–water partition coefficient (Wildman–Crippen LogP) is 1.45. The van der Waals surface area contributed by atoms with Crippen molar-refractivity contribution in [1.82, 2.24) is 0 Å². The molecular formula is C24H30O9. The first-order valence-electron chi connectivity index (χ1n) is 11.5. The van der Waals surface area contributed by atoms with Crippen molar-refractivity contribution in [3.05, 3.63) is 12.2 Å². The van der Waals surface area contributed by atoms with Gasteiger partial charge in [-0.2, -0.15) is 0 Å². The van der Waals surface area contributed by atoms with Gasteiger partial charge in [0.25, 0.3) is 0 Å². The van der Waals surface area contributed by atoms with Gasteiger partial charge in [-0.15, -0.1) is 0 Å². The molecule has 4 saturated carbocycles. The standard InChI is InChI=1S/C24H30O9/c1-11-18(27)23-10-22(11,32-13(3)26)8-6-14(23)24-9-7-15(31-12(2)25)21(4,20(29)33-24)17(24)16(23)19(28)30-5/h14-18,27H,1,6-10H2,2-5H3/t14-,15+,16-,17-,18?,21?,22+,23-,24-/m1/s1. The molecule has 0 radical (unpaired) electrons. The van der Waals surface area contributed by atoms with Crippen LogP contribution in [0.5, 0.6) is 0 Å². The minimum atomic E-state index is -1.28. The first-order valence-corrected chi connectivity index (χ1v) is 11.5. The second-order valence-electron chi connectivity index (χ2n) is 10.6. The third kappa shape index (κ3) is 2.36. The normalized spacial score (nSPS) is 49.1. The highest BCUT2D eigenvalue weighted by Gasteiger charge is 2.87. The van der Waals surface area contributed by atoms with E-state index < -0.39 is 70.0 Å². The number of ether oxygens (including phenoxy) is 4. The Balaban J connectivity index is 1.71. The molecule has 1 aliphatic heterocycles. The number of rotatable bonds is 3. The summed E-state index contributed by atoms with van der Waals surface area (Å²) in [6.45, 7) is 8.37. The molecule has 2 unspecified atom stereocenters. The van der Waals surface area contributed by atoms with Gasteiger partial charge in [-0.3, -0.25) is 19.2 Å². The van der Waals surface area contributed by atoms with E-state index in [0.29, 0.717) is 31.3 Å². The number of methoxy groups -OCH3 is 1. The van der Waals surface area contributed by atoms with Crippen molar-refractivity contribution in [2.45, 2.75) is 76.3 Å². The van der Waals surface area contributed by atoms with Crippen LogP contribution in [0.15, 0.2) is 12.2 Å². The zero-order chi connectivity index (χ0) is 24.1. The number of carbonyl (C=O) groups excluding carboxylic acids is 4. The van der Waals surface area contributed by atoms with Gasteiger partial charge >= 0.3 is 23.9 Å². The Morgan fingerprint density at radius 3 is 2.45 bits per heavy atom. The van der Waals surface area contributed by atoms with E-state index in [9.17, 15) is 24.3 Å². The van der Waals surface area contributed by atoms with Crippen LogP contribution in [0.4, 0.5) is 0 Å². The molecular weight excluding hydrogens is 432 g/mol. The molecule has 4 bridgehead atoms. The number of aliphatic hydroxyl groups excluding tert-OH is 1. The van der Waals surface area contributed by atoms with Gasteiger partial charge in [-0.25, -0.2) is 0 Å². The molecule has 0 aromatic rings. The maximum Gasteiger partial charge on any atom is 0.316 e. The molecule has 1 saturated heterocycles. The summed E-state index contributed by atoms with van der Waals surface area (Å²) in [6, 6.07) is 0. The Bertz CT molecular complexity index is 988. The molecule has 5 rings (SSSR count). The van der Waals surface area contributed by atoms with Gasteiger partial charge in [0.1, 0.15) is 22.7 Å². The Labute approximate surface area is 191 Å². The fraction of sp³-hybridized carbons (Fsp3) is 0.750. The fourth-order valence-electron chi connectivity index (χ4n) is 8.55. The van der Waals surface area contributed by atoms with Crippen molar-refractivity contribution in [1.29, 1.82) is 0 Å². The molecule has 9 nitrogen and oxygen atoms in total. The second-order valence-corrected chi connectivity index (χ2v) is 10.6. The number of carbonyl (C=O) groups is 4. The molecule has 5 fully saturated rings. The highest BCUT2D eigenvalue weighted by atomic mass is 16.6. The molecule has 1 heterocycles. The zero-order valence-electron chi connectivity index (χ0n) is 19.3. The van der Waals surface area contributed by atoms with E-state index in [1.54, 1.807) is 6.92 Å². The Hall–Kier alpha value is -2.42. The van der Waals surface area contributed by atoms with Gasteiger partial charge in [0, 0.05) is 37.5 Å². The van der Waals surface area contributed by atoms with E-state index in [0.717, 1.165) is 0 Å². The fourth-order valence-corrected chi connectivity index (χ4v) is 8.55. The van der Waals surface area contributed by atoms with Gasteiger partial charge in [0.15, 0.2) is 0 Å². The number of esters is 4. The predicted molar refractivity (Wildman–Crippen MR) is 110 cm³/mol. The van der Waals surface area contributed by atoms with Crippen molar-refractivity contribution in [2.24, 2.45) is 28.6 Å². The van der Waals surface area contributed by atoms with Crippen LogP contribution in [0.2, 0.25) is 0 Å². The number of hydrogen-bond acceptors (Lipinski definition) is 9. The maximum absolute atomic E-state index is 13.4. The average Bonchev–Trinajstić information content (AvgIpc) is 3.15. The third-order valence-corrected chi connectivity index (χ3v) is 9.47. The summed E-state index contributed by atoms with van der Waals surface area (Å²) < 4.78 is 22.7. The van der Waals surface area contributed by atoms with Crippen LogP contribution in [-0.4, -0.2) is 59.5 Å². The quantitative estimate of drug-likeness (QED) is 0.377. The summed E-state index contributed by atoms with van der Waals surface area (Å²) in [7, 11) is 1.27. The first-order chi connectivity index (χ1) is 15.4. The molecule has 5 aliphatic rings. The lowest BCUT2D eigenvalue weighted by atomic mass is 9.58. The summed E-state index contributed by atoms with van der Waals surface area (Å²) in [5.74, 6) is -4.01. The molecule has 180 valence electrons. The van der Waals surface area contributed by atoms with Gasteiger partial charge in [-0.1, -0.05) is 6.58 Å². The van der Waals surface area contributed by atoms with Crippen LogP contribution >= 0.6 is 0 Å². The van der Waals surface area contributed by atoms with Crippen LogP contribution in [0.3, 0.4) is 0 Å². The van der Waals surface area contributed by atoms with Crippen molar-refractivity contribution < 1.29 is 43.2 Å². The molecule has 9 heteroatoms. The summed E-state index contributed by atoms with van der Waals surface area (Å²) in [5.41, 5.74) is -4.07. The Morgan fingerprint density at radius 1 is 1.15 bits per heavy atom. The molecule has 4 aliphatic carbocycles. The molecule has 0 amide bonds. The molecule has 1 N–H and O–H groups in total. The molecule has 9 atom stereocenters. The van der Waals surface area contributed by atoms with Gasteiger partial charge in [0.05, 0.1) is 19.1 Å². The first kappa shape index (κ1) is 22.4. The lowest BCUT2D eigenvalue weighted by Crippen LogP contribution is -2.54. The van der Waals surface area contributed by atoms with E-state index in [1.165, 1.54) is 21.0 Å². The van der Waals surface area contributed by atoms with Gasteiger partial charge in [0.2, 0.25) is 0 Å². The van der Waals surface area contributed by atoms with Crippen LogP contribution in [0.1, 0.15) is 52.9 Å². The Morgan fingerprint density at radius 2 is 1.85 bits per heavy atom. The number of fused-ring (bicyclic) bond motifs is 1. The SMILES string of the molecule is C=C1C(O)[C@]23C[C@@]1(OC(C)=O)CC[C@H]2[C@@]12CC[C@H](OC(C)=O)C(C)(C(=O)O1)[C@H]2[C@@H]3C(=O)OC. The van der Waals surface area contributed by atoms with Crippen LogP contribution < -0.4 is 0 Å². The van der Waals surface area contributed by atoms with E-state index in [2.05, 4.69) is 6.58 Å². The highest BCUT2D eigenvalue weighted by molar-refractivity contribution is 5.86. The monoisotopic (exact) mass is 462 g/mol. The highest BCUT2D eigenvalue weighted by Crippen LogP contribution is 2.79. The zero-order valence-corrected chi connectivity index (χ0v) is 19.3. The van der Waals surface area contributed by atoms with Crippen molar-refractivity contribution in [2.75, 3.05) is 7.11 Å². The second kappa shape index (κ2) is 6.58. The minimum absolute atomic E-state index is 0.203. The lowest BCUT2D eigenvalue weighted by Gasteiger charge is -2.46. The van der Waals surface area contributed by atoms with Crippen molar-refractivity contribution in [3.8, 4) is 0 Å². The van der Waals surface area contributed by atoms with Gasteiger partial charge < -0.3 is 24.1 Å². The maximum atomic E-state index is 13.4. The van der Waals surface area contributed by atoms with E-state index in [4.69, 9.17) is 18.9 Å². The van der Waals surface area contributed by atoms with Crippen LogP contribution in [0, 0.1) is 28.6 Å². The molecule has 0 aromatic heterocycles. The molecule has 0 aromatic carbocycles. The lowest BCUT2D eigenvalue weighted by molar-refractivity contribution is -0.175. The van der Waals surface area contributed by atoms with Gasteiger partial charge in [-0.05, 0) is 38.2 Å². The van der Waals surface area contributed by atoms with E-state index in [1.807, 2.05) is 0 Å². The number of aliphatic hydroxyl groups is 1. The Kier molecular flexibility index (Phi) is 4.46. The summed E-state index contributed by atoms with van der Waals surface area (Å²) >= 11 is 0. The topological polar surface area (TPSA) is 125 Å².